The number of rotatable bonds is 3. The molecule has 1 fully saturated rings. The van der Waals surface area contributed by atoms with Gasteiger partial charge >= 0.3 is 0 Å². The molecule has 142 valence electrons. The number of aryl methyl sites for hydroxylation is 1. The molecular weight excluding hydrogens is 354 g/mol. The van der Waals surface area contributed by atoms with Gasteiger partial charge in [-0.2, -0.15) is 5.10 Å². The van der Waals surface area contributed by atoms with Crippen LogP contribution in [0.4, 0.5) is 5.69 Å². The Kier molecular flexibility index (Phi) is 3.94. The predicted octanol–water partition coefficient (Wildman–Crippen LogP) is 4.06. The molecule has 0 unspecified atom stereocenters. The number of furan rings is 1. The maximum Gasteiger partial charge on any atom is 0.232 e. The van der Waals surface area contributed by atoms with Crippen LogP contribution in [0.5, 0.6) is 0 Å². The van der Waals surface area contributed by atoms with Crippen LogP contribution in [-0.4, -0.2) is 29.3 Å². The van der Waals surface area contributed by atoms with Crippen molar-refractivity contribution in [3.8, 4) is 0 Å². The summed E-state index contributed by atoms with van der Waals surface area (Å²) >= 11 is 0. The summed E-state index contributed by atoms with van der Waals surface area (Å²) in [5, 5.41) is 6.35. The Morgan fingerprint density at radius 1 is 1.18 bits per heavy atom. The quantitative estimate of drug-likeness (QED) is 0.542. The Morgan fingerprint density at radius 3 is 2.82 bits per heavy atom. The van der Waals surface area contributed by atoms with E-state index in [0.29, 0.717) is 13.0 Å². The molecule has 1 aliphatic heterocycles. The maximum atomic E-state index is 13.2. The van der Waals surface area contributed by atoms with Gasteiger partial charge in [-0.3, -0.25) is 9.48 Å². The monoisotopic (exact) mass is 375 g/mol. The minimum atomic E-state index is -0.251. The molecule has 6 heteroatoms. The van der Waals surface area contributed by atoms with E-state index in [2.05, 4.69) is 5.10 Å². The fourth-order valence-electron chi connectivity index (χ4n) is 4.06. The number of hydrogen-bond donors (Lipinski definition) is 0. The Morgan fingerprint density at radius 2 is 2.00 bits per heavy atom. The standard InChI is InChI=1S/C22H21N3O3/c1-24-13-14(12-23-24)21-18(9-10-27-21)22(26)25(2)15-7-8-17-16-5-3-4-6-19(16)28-20(17)11-15/h3-8,11-13,18,21H,9-10H2,1-2H3/t18-,21+/m0/s1. The number of anilines is 1. The Hall–Kier alpha value is -3.12. The summed E-state index contributed by atoms with van der Waals surface area (Å²) in [6, 6.07) is 13.9. The molecule has 0 saturated carbocycles. The number of para-hydroxylation sites is 1. The van der Waals surface area contributed by atoms with E-state index >= 15 is 0 Å². The van der Waals surface area contributed by atoms with Crippen LogP contribution in [0.3, 0.4) is 0 Å². The molecule has 2 atom stereocenters. The van der Waals surface area contributed by atoms with Crippen molar-refractivity contribution in [1.82, 2.24) is 9.78 Å². The third-order valence-electron chi connectivity index (χ3n) is 5.54. The molecule has 0 bridgehead atoms. The van der Waals surface area contributed by atoms with E-state index in [4.69, 9.17) is 9.15 Å². The minimum absolute atomic E-state index is 0.0433. The molecule has 5 rings (SSSR count). The van der Waals surface area contributed by atoms with Gasteiger partial charge in [0.2, 0.25) is 5.91 Å². The molecule has 6 nitrogen and oxygen atoms in total. The lowest BCUT2D eigenvalue weighted by Crippen LogP contribution is -2.34. The molecule has 0 radical (unpaired) electrons. The zero-order valence-corrected chi connectivity index (χ0v) is 15.8. The largest absolute Gasteiger partial charge is 0.456 e. The van der Waals surface area contributed by atoms with Crippen LogP contribution in [0, 0.1) is 5.92 Å². The normalized spacial score (nSPS) is 19.5. The number of nitrogens with zero attached hydrogens (tertiary/aromatic N) is 3. The molecule has 28 heavy (non-hydrogen) atoms. The lowest BCUT2D eigenvalue weighted by Gasteiger charge is -2.24. The van der Waals surface area contributed by atoms with Crippen LogP contribution in [0.1, 0.15) is 18.1 Å². The van der Waals surface area contributed by atoms with Gasteiger partial charge in [-0.1, -0.05) is 18.2 Å². The van der Waals surface area contributed by atoms with Crippen LogP contribution in [0.15, 0.2) is 59.3 Å². The van der Waals surface area contributed by atoms with Gasteiger partial charge in [0.1, 0.15) is 11.2 Å². The van der Waals surface area contributed by atoms with Crippen LogP contribution in [0.25, 0.3) is 21.9 Å². The highest BCUT2D eigenvalue weighted by Crippen LogP contribution is 2.37. The van der Waals surface area contributed by atoms with Crippen LogP contribution < -0.4 is 4.90 Å². The molecule has 2 aromatic carbocycles. The zero-order valence-electron chi connectivity index (χ0n) is 15.8. The molecule has 0 spiro atoms. The Balaban J connectivity index is 1.45. The van der Waals surface area contributed by atoms with E-state index in [9.17, 15) is 4.79 Å². The first-order chi connectivity index (χ1) is 13.6. The number of fused-ring (bicyclic) bond motifs is 3. The van der Waals surface area contributed by atoms with Crippen LogP contribution in [0.2, 0.25) is 0 Å². The van der Waals surface area contributed by atoms with Crippen molar-refractivity contribution < 1.29 is 13.9 Å². The molecule has 1 saturated heterocycles. The van der Waals surface area contributed by atoms with Crippen molar-refractivity contribution >= 4 is 33.5 Å². The fourth-order valence-corrected chi connectivity index (χ4v) is 4.06. The van der Waals surface area contributed by atoms with E-state index in [-0.39, 0.29) is 17.9 Å². The summed E-state index contributed by atoms with van der Waals surface area (Å²) in [6.07, 6.45) is 4.14. The first kappa shape index (κ1) is 17.0. The number of carbonyl (C=O) groups excluding carboxylic acids is 1. The Labute approximate surface area is 162 Å². The van der Waals surface area contributed by atoms with Crippen molar-refractivity contribution in [1.29, 1.82) is 0 Å². The molecule has 1 aliphatic rings. The van der Waals surface area contributed by atoms with Gasteiger partial charge in [-0.25, -0.2) is 0 Å². The van der Waals surface area contributed by atoms with E-state index in [1.54, 1.807) is 15.8 Å². The molecule has 0 N–H and O–H groups in total. The highest BCUT2D eigenvalue weighted by atomic mass is 16.5. The topological polar surface area (TPSA) is 60.5 Å². The van der Waals surface area contributed by atoms with E-state index in [0.717, 1.165) is 33.2 Å². The van der Waals surface area contributed by atoms with Gasteiger partial charge in [0.05, 0.1) is 18.2 Å². The first-order valence-electron chi connectivity index (χ1n) is 9.41. The fraction of sp³-hybridized carbons (Fsp3) is 0.273. The Bertz CT molecular complexity index is 1180. The third-order valence-corrected chi connectivity index (χ3v) is 5.54. The van der Waals surface area contributed by atoms with Gasteiger partial charge < -0.3 is 14.1 Å². The van der Waals surface area contributed by atoms with Crippen LogP contribution >= 0.6 is 0 Å². The number of hydrogen-bond acceptors (Lipinski definition) is 4. The first-order valence-corrected chi connectivity index (χ1v) is 9.41. The average molecular weight is 375 g/mol. The lowest BCUT2D eigenvalue weighted by atomic mass is 9.95. The molecule has 4 aromatic rings. The van der Waals surface area contributed by atoms with Gasteiger partial charge in [-0.15, -0.1) is 0 Å². The van der Waals surface area contributed by atoms with Gasteiger partial charge in [0, 0.05) is 55.0 Å². The molecule has 0 aliphatic carbocycles. The summed E-state index contributed by atoms with van der Waals surface area (Å²) in [7, 11) is 3.68. The minimum Gasteiger partial charge on any atom is -0.456 e. The highest BCUT2D eigenvalue weighted by Gasteiger charge is 2.37. The second kappa shape index (κ2) is 6.49. The summed E-state index contributed by atoms with van der Waals surface area (Å²) in [4.78, 5) is 14.9. The second-order valence-electron chi connectivity index (χ2n) is 7.31. The van der Waals surface area contributed by atoms with Gasteiger partial charge in [-0.05, 0) is 24.6 Å². The molecular formula is C22H21N3O3. The molecule has 1 amide bonds. The van der Waals surface area contributed by atoms with Crippen molar-refractivity contribution in [2.45, 2.75) is 12.5 Å². The summed E-state index contributed by atoms with van der Waals surface area (Å²) < 4.78 is 13.6. The number of amides is 1. The van der Waals surface area contributed by atoms with Crippen molar-refractivity contribution in [2.75, 3.05) is 18.6 Å². The van der Waals surface area contributed by atoms with Crippen molar-refractivity contribution in [2.24, 2.45) is 13.0 Å². The highest BCUT2D eigenvalue weighted by molar-refractivity contribution is 6.06. The predicted molar refractivity (Wildman–Crippen MR) is 107 cm³/mol. The van der Waals surface area contributed by atoms with E-state index in [1.807, 2.05) is 62.8 Å². The summed E-state index contributed by atoms with van der Waals surface area (Å²) in [5.74, 6) is -0.178. The number of carbonyl (C=O) groups is 1. The zero-order chi connectivity index (χ0) is 19.3. The summed E-state index contributed by atoms with van der Waals surface area (Å²) in [5.41, 5.74) is 3.39. The lowest BCUT2D eigenvalue weighted by molar-refractivity contribution is -0.123. The maximum absolute atomic E-state index is 13.2. The molecule has 2 aromatic heterocycles. The van der Waals surface area contributed by atoms with E-state index in [1.165, 1.54) is 0 Å². The summed E-state index contributed by atoms with van der Waals surface area (Å²) in [6.45, 7) is 0.576. The third kappa shape index (κ3) is 2.68. The van der Waals surface area contributed by atoms with Gasteiger partial charge in [0.25, 0.3) is 0 Å². The number of aromatic nitrogens is 2. The second-order valence-corrected chi connectivity index (χ2v) is 7.31. The van der Waals surface area contributed by atoms with Crippen molar-refractivity contribution in [3.05, 3.63) is 60.4 Å². The van der Waals surface area contributed by atoms with E-state index < -0.39 is 0 Å². The van der Waals surface area contributed by atoms with Gasteiger partial charge in [0.15, 0.2) is 0 Å². The average Bonchev–Trinajstić information content (AvgIpc) is 3.43. The smallest absolute Gasteiger partial charge is 0.232 e. The molecule has 3 heterocycles. The SMILES string of the molecule is CN(C(=O)[C@H]1CCO[C@@H]1c1cnn(C)c1)c1ccc2c(c1)oc1ccccc12. The van der Waals surface area contributed by atoms with Crippen LogP contribution in [-0.2, 0) is 16.6 Å². The van der Waals surface area contributed by atoms with Crippen molar-refractivity contribution in [3.63, 3.8) is 0 Å². The number of benzene rings is 2. The number of ether oxygens (including phenoxy) is 1.